The number of benzene rings is 1. The number of hydrogen-bond donors (Lipinski definition) is 1. The first-order valence-electron chi connectivity index (χ1n) is 7.35. The molecule has 0 aliphatic heterocycles. The summed E-state index contributed by atoms with van der Waals surface area (Å²) < 4.78 is 6.93. The Morgan fingerprint density at radius 2 is 2.05 bits per heavy atom. The van der Waals surface area contributed by atoms with E-state index < -0.39 is 0 Å². The van der Waals surface area contributed by atoms with Gasteiger partial charge in [0.25, 0.3) is 0 Å². The number of para-hydroxylation sites is 1. The quantitative estimate of drug-likeness (QED) is 0.756. The second-order valence-corrected chi connectivity index (χ2v) is 5.81. The average Bonchev–Trinajstić information content (AvgIpc) is 2.49. The minimum atomic E-state index is 0.307. The summed E-state index contributed by atoms with van der Waals surface area (Å²) in [4.78, 5) is 4.14. The van der Waals surface area contributed by atoms with Crippen molar-refractivity contribution in [3.05, 3.63) is 52.8 Å². The van der Waals surface area contributed by atoms with Crippen LogP contribution in [-0.4, -0.2) is 11.5 Å². The molecule has 1 aromatic heterocycles. The largest absolute Gasteiger partial charge is 0.455 e. The Hall–Kier alpha value is -1.39. The molecule has 1 N–H and O–H groups in total. The molecule has 112 valence electrons. The minimum Gasteiger partial charge on any atom is -0.455 e. The van der Waals surface area contributed by atoms with E-state index in [-0.39, 0.29) is 0 Å². The third kappa shape index (κ3) is 4.55. The number of aromatic nitrogens is 1. The highest BCUT2D eigenvalue weighted by atomic mass is 79.9. The molecule has 0 saturated carbocycles. The third-order valence-electron chi connectivity index (χ3n) is 3.25. The molecule has 21 heavy (non-hydrogen) atoms. The molecule has 1 atom stereocenters. The number of pyridine rings is 1. The summed E-state index contributed by atoms with van der Waals surface area (Å²) >= 11 is 3.42. The van der Waals surface area contributed by atoms with Gasteiger partial charge in [-0.3, -0.25) is 4.98 Å². The highest BCUT2D eigenvalue weighted by Gasteiger charge is 2.14. The van der Waals surface area contributed by atoms with E-state index in [9.17, 15) is 0 Å². The number of hydrogen-bond acceptors (Lipinski definition) is 3. The maximum absolute atomic E-state index is 6.02. The van der Waals surface area contributed by atoms with E-state index in [2.05, 4.69) is 52.2 Å². The molecular formula is C17H21BrN2O. The van der Waals surface area contributed by atoms with Crippen LogP contribution in [0.25, 0.3) is 0 Å². The molecule has 0 fully saturated rings. The van der Waals surface area contributed by atoms with Gasteiger partial charge in [0.2, 0.25) is 0 Å². The molecule has 3 nitrogen and oxygen atoms in total. The zero-order chi connectivity index (χ0) is 15.1. The predicted octanol–water partition coefficient (Wildman–Crippen LogP) is 5.09. The van der Waals surface area contributed by atoms with Crippen molar-refractivity contribution in [3.8, 4) is 11.5 Å². The lowest BCUT2D eigenvalue weighted by Gasteiger charge is -2.20. The fraction of sp³-hybridized carbons (Fsp3) is 0.353. The van der Waals surface area contributed by atoms with Crippen LogP contribution in [0.3, 0.4) is 0 Å². The summed E-state index contributed by atoms with van der Waals surface area (Å²) in [5, 5.41) is 3.57. The fourth-order valence-electron chi connectivity index (χ4n) is 2.23. The molecule has 0 aliphatic rings. The molecule has 4 heteroatoms. The van der Waals surface area contributed by atoms with Gasteiger partial charge < -0.3 is 10.1 Å². The van der Waals surface area contributed by atoms with Crippen LogP contribution in [-0.2, 0) is 0 Å². The first kappa shape index (κ1) is 16.0. The van der Waals surface area contributed by atoms with Crippen LogP contribution in [0.4, 0.5) is 0 Å². The fourth-order valence-corrected chi connectivity index (χ4v) is 2.57. The van der Waals surface area contributed by atoms with E-state index in [1.165, 1.54) is 5.56 Å². The zero-order valence-electron chi connectivity index (χ0n) is 12.5. The van der Waals surface area contributed by atoms with E-state index in [0.717, 1.165) is 35.4 Å². The van der Waals surface area contributed by atoms with Gasteiger partial charge in [0.1, 0.15) is 11.5 Å². The second-order valence-electron chi connectivity index (χ2n) is 4.89. The van der Waals surface area contributed by atoms with Crippen LogP contribution >= 0.6 is 15.9 Å². The molecule has 1 aromatic carbocycles. The van der Waals surface area contributed by atoms with Gasteiger partial charge in [0.15, 0.2) is 0 Å². The van der Waals surface area contributed by atoms with Gasteiger partial charge in [0.05, 0.1) is 6.20 Å². The molecule has 0 bridgehead atoms. The molecule has 0 amide bonds. The Kier molecular flexibility index (Phi) is 6.21. The van der Waals surface area contributed by atoms with Gasteiger partial charge in [-0.05, 0) is 47.4 Å². The topological polar surface area (TPSA) is 34.1 Å². The number of rotatable bonds is 7. The van der Waals surface area contributed by atoms with E-state index in [0.29, 0.717) is 6.04 Å². The summed E-state index contributed by atoms with van der Waals surface area (Å²) in [7, 11) is 0. The van der Waals surface area contributed by atoms with Crippen LogP contribution in [0.2, 0.25) is 0 Å². The Labute approximate surface area is 134 Å². The van der Waals surface area contributed by atoms with Crippen LogP contribution in [0.15, 0.2) is 47.2 Å². The summed E-state index contributed by atoms with van der Waals surface area (Å²) in [6.45, 7) is 5.37. The Morgan fingerprint density at radius 3 is 2.76 bits per heavy atom. The Balaban J connectivity index is 2.23. The maximum Gasteiger partial charge on any atom is 0.146 e. The summed E-state index contributed by atoms with van der Waals surface area (Å²) in [5.74, 6) is 1.62. The predicted molar refractivity (Wildman–Crippen MR) is 89.8 cm³/mol. The third-order valence-corrected chi connectivity index (χ3v) is 3.68. The van der Waals surface area contributed by atoms with E-state index in [4.69, 9.17) is 4.74 Å². The Bertz CT molecular complexity index is 574. The molecule has 1 unspecified atom stereocenters. The normalized spacial score (nSPS) is 12.1. The minimum absolute atomic E-state index is 0.307. The van der Waals surface area contributed by atoms with Crippen LogP contribution in [0.1, 0.15) is 38.3 Å². The van der Waals surface area contributed by atoms with Crippen LogP contribution in [0.5, 0.6) is 11.5 Å². The number of nitrogens with one attached hydrogen (secondary N) is 1. The molecule has 1 heterocycles. The van der Waals surface area contributed by atoms with Gasteiger partial charge >= 0.3 is 0 Å². The first-order chi connectivity index (χ1) is 10.2. The van der Waals surface area contributed by atoms with Gasteiger partial charge in [0, 0.05) is 22.3 Å². The van der Waals surface area contributed by atoms with Gasteiger partial charge in [-0.25, -0.2) is 0 Å². The van der Waals surface area contributed by atoms with Gasteiger partial charge in [-0.15, -0.1) is 0 Å². The summed E-state index contributed by atoms with van der Waals surface area (Å²) in [6.07, 6.45) is 5.62. The van der Waals surface area contributed by atoms with Crippen molar-refractivity contribution in [1.29, 1.82) is 0 Å². The monoisotopic (exact) mass is 348 g/mol. The second kappa shape index (κ2) is 8.15. The van der Waals surface area contributed by atoms with E-state index in [1.54, 1.807) is 12.4 Å². The number of ether oxygens (including phenoxy) is 1. The maximum atomic E-state index is 6.02. The zero-order valence-corrected chi connectivity index (χ0v) is 14.1. The lowest BCUT2D eigenvalue weighted by atomic mass is 10.0. The summed E-state index contributed by atoms with van der Waals surface area (Å²) in [6, 6.07) is 10.4. The molecule has 2 rings (SSSR count). The van der Waals surface area contributed by atoms with Crippen molar-refractivity contribution in [2.45, 2.75) is 32.7 Å². The van der Waals surface area contributed by atoms with Gasteiger partial charge in [-0.1, -0.05) is 32.0 Å². The van der Waals surface area contributed by atoms with E-state index in [1.807, 2.05) is 18.2 Å². The van der Waals surface area contributed by atoms with Gasteiger partial charge in [-0.2, -0.15) is 0 Å². The first-order valence-corrected chi connectivity index (χ1v) is 8.14. The molecule has 0 radical (unpaired) electrons. The summed E-state index contributed by atoms with van der Waals surface area (Å²) in [5.41, 5.74) is 1.19. The molecule has 2 aromatic rings. The standard InChI is InChI=1S/C17H21BrN2O/c1-3-9-20-16(4-2)15-7-5-6-8-17(15)21-14-10-13(18)11-19-12-14/h5-8,10-12,16,20H,3-4,9H2,1-2H3. The smallest absolute Gasteiger partial charge is 0.146 e. The molecule has 0 aliphatic carbocycles. The van der Waals surface area contributed by atoms with Crippen LogP contribution < -0.4 is 10.1 Å². The molecule has 0 saturated heterocycles. The van der Waals surface area contributed by atoms with Crippen molar-refractivity contribution in [2.24, 2.45) is 0 Å². The van der Waals surface area contributed by atoms with Crippen molar-refractivity contribution in [3.63, 3.8) is 0 Å². The van der Waals surface area contributed by atoms with Crippen molar-refractivity contribution in [1.82, 2.24) is 10.3 Å². The average molecular weight is 349 g/mol. The lowest BCUT2D eigenvalue weighted by Crippen LogP contribution is -2.21. The number of halogens is 1. The van der Waals surface area contributed by atoms with E-state index >= 15 is 0 Å². The highest BCUT2D eigenvalue weighted by molar-refractivity contribution is 9.10. The molecular weight excluding hydrogens is 328 g/mol. The van der Waals surface area contributed by atoms with Crippen molar-refractivity contribution < 1.29 is 4.74 Å². The Morgan fingerprint density at radius 1 is 1.24 bits per heavy atom. The van der Waals surface area contributed by atoms with Crippen molar-refractivity contribution >= 4 is 15.9 Å². The van der Waals surface area contributed by atoms with Crippen molar-refractivity contribution in [2.75, 3.05) is 6.54 Å². The number of nitrogens with zero attached hydrogens (tertiary/aromatic N) is 1. The van der Waals surface area contributed by atoms with Crippen LogP contribution in [0, 0.1) is 0 Å². The highest BCUT2D eigenvalue weighted by Crippen LogP contribution is 2.31. The molecule has 0 spiro atoms. The SMILES string of the molecule is CCCNC(CC)c1ccccc1Oc1cncc(Br)c1. The lowest BCUT2D eigenvalue weighted by molar-refractivity contribution is 0.447.